The van der Waals surface area contributed by atoms with Crippen molar-refractivity contribution < 1.29 is 19.2 Å². The number of benzene rings is 2. The number of carbonyl (C=O) groups excluding carboxylic acids is 4. The van der Waals surface area contributed by atoms with E-state index < -0.39 is 23.8 Å². The van der Waals surface area contributed by atoms with E-state index >= 15 is 0 Å². The third kappa shape index (κ3) is 5.31. The summed E-state index contributed by atoms with van der Waals surface area (Å²) in [6.07, 6.45) is 6.76. The number of hydrogen-bond acceptors (Lipinski definition) is 9. The van der Waals surface area contributed by atoms with Crippen molar-refractivity contribution in [3.8, 4) is 11.3 Å². The molecule has 4 aliphatic heterocycles. The van der Waals surface area contributed by atoms with Gasteiger partial charge in [-0.15, -0.1) is 0 Å². The van der Waals surface area contributed by atoms with Gasteiger partial charge in [0.1, 0.15) is 6.04 Å². The highest BCUT2D eigenvalue weighted by Gasteiger charge is 2.45. The van der Waals surface area contributed by atoms with Crippen LogP contribution in [0.5, 0.6) is 0 Å². The summed E-state index contributed by atoms with van der Waals surface area (Å²) in [6.45, 7) is 3.53. The standard InChI is InChI=1S/C34H33ClN8O4/c35-26-17-37-34(40-30(26)25-16-36-27-4-2-1-3-22(25)27)38-19-9-12-42(18-19)20-10-13-41(14-11-20)21-5-6-23-24(15-21)33(47)43(32(23)46)28-7-8-29(44)39-31(28)45/h1-6,15-17,19-20,28,36H,7-14,18H2,(H,37,38,40)(H,39,44,45)/t19-,28?/m1/s1. The highest BCUT2D eigenvalue weighted by Crippen LogP contribution is 2.34. The number of aromatic nitrogens is 3. The maximum absolute atomic E-state index is 13.3. The van der Waals surface area contributed by atoms with Crippen LogP contribution in [0.15, 0.2) is 54.9 Å². The van der Waals surface area contributed by atoms with E-state index in [0.717, 1.165) is 72.5 Å². The monoisotopic (exact) mass is 652 g/mol. The molecule has 0 radical (unpaired) electrons. The molecule has 0 bridgehead atoms. The number of imide groups is 2. The van der Waals surface area contributed by atoms with Crippen molar-refractivity contribution in [2.24, 2.45) is 0 Å². The third-order valence-corrected chi connectivity index (χ3v) is 10.2. The van der Waals surface area contributed by atoms with Crippen molar-refractivity contribution in [2.45, 2.75) is 50.2 Å². The van der Waals surface area contributed by atoms with Crippen LogP contribution in [0.4, 0.5) is 11.6 Å². The molecule has 4 aromatic rings. The molecule has 2 atom stereocenters. The summed E-state index contributed by atoms with van der Waals surface area (Å²) in [5.74, 6) is -1.39. The van der Waals surface area contributed by atoms with Crippen LogP contribution in [-0.2, 0) is 9.59 Å². The van der Waals surface area contributed by atoms with Crippen LogP contribution in [0.2, 0.25) is 5.02 Å². The van der Waals surface area contributed by atoms with Gasteiger partial charge in [-0.2, -0.15) is 0 Å². The maximum Gasteiger partial charge on any atom is 0.262 e. The number of rotatable bonds is 6. The first kappa shape index (κ1) is 29.6. The van der Waals surface area contributed by atoms with E-state index in [1.54, 1.807) is 18.3 Å². The Morgan fingerprint density at radius 3 is 2.53 bits per heavy atom. The van der Waals surface area contributed by atoms with Gasteiger partial charge < -0.3 is 15.2 Å². The van der Waals surface area contributed by atoms with Gasteiger partial charge >= 0.3 is 0 Å². The zero-order chi connectivity index (χ0) is 32.2. The highest BCUT2D eigenvalue weighted by atomic mass is 35.5. The van der Waals surface area contributed by atoms with E-state index in [2.05, 4.69) is 36.5 Å². The van der Waals surface area contributed by atoms with Gasteiger partial charge in [0.2, 0.25) is 17.8 Å². The van der Waals surface area contributed by atoms with Crippen LogP contribution < -0.4 is 15.5 Å². The first-order valence-electron chi connectivity index (χ1n) is 16.0. The number of carbonyl (C=O) groups is 4. The highest BCUT2D eigenvalue weighted by molar-refractivity contribution is 6.33. The van der Waals surface area contributed by atoms with Gasteiger partial charge in [-0.05, 0) is 49.9 Å². The topological polar surface area (TPSA) is 144 Å². The van der Waals surface area contributed by atoms with E-state index in [0.29, 0.717) is 33.8 Å². The molecule has 3 saturated heterocycles. The van der Waals surface area contributed by atoms with Crippen molar-refractivity contribution in [1.29, 1.82) is 0 Å². The van der Waals surface area contributed by atoms with Crippen LogP contribution >= 0.6 is 11.6 Å². The summed E-state index contributed by atoms with van der Waals surface area (Å²) in [6, 6.07) is 13.1. The number of nitrogens with one attached hydrogen (secondary N) is 3. The maximum atomic E-state index is 13.3. The molecule has 3 fully saturated rings. The molecule has 4 amide bonds. The van der Waals surface area contributed by atoms with Crippen LogP contribution in [0.1, 0.15) is 52.8 Å². The van der Waals surface area contributed by atoms with Crippen molar-refractivity contribution in [2.75, 3.05) is 36.4 Å². The SMILES string of the molecule is O=C1CCC(N2C(=O)c3ccc(N4CCC(N5CC[C@@H](Nc6ncc(Cl)c(-c7c[nH]c8ccccc78)n6)C5)CC4)cc3C2=O)C(=O)N1. The first-order chi connectivity index (χ1) is 22.8. The number of piperidine rings is 2. The minimum absolute atomic E-state index is 0.0967. The molecule has 0 spiro atoms. The lowest BCUT2D eigenvalue weighted by Gasteiger charge is -2.38. The average molecular weight is 653 g/mol. The minimum Gasteiger partial charge on any atom is -0.371 e. The molecule has 2 aromatic carbocycles. The summed E-state index contributed by atoms with van der Waals surface area (Å²) in [5.41, 5.74) is 4.17. The van der Waals surface area contributed by atoms with Gasteiger partial charge in [0, 0.05) is 73.0 Å². The second-order valence-corrected chi connectivity index (χ2v) is 13.1. The number of fused-ring (bicyclic) bond motifs is 2. The quantitative estimate of drug-likeness (QED) is 0.265. The van der Waals surface area contributed by atoms with Crippen molar-refractivity contribution in [3.63, 3.8) is 0 Å². The van der Waals surface area contributed by atoms with Gasteiger partial charge in [0.25, 0.3) is 11.8 Å². The van der Waals surface area contributed by atoms with Crippen molar-refractivity contribution in [3.05, 3.63) is 71.0 Å². The number of para-hydroxylation sites is 1. The number of anilines is 2. The van der Waals surface area contributed by atoms with Crippen LogP contribution in [0.3, 0.4) is 0 Å². The average Bonchev–Trinajstić information content (AvgIpc) is 3.79. The lowest BCUT2D eigenvalue weighted by atomic mass is 10.0. The largest absolute Gasteiger partial charge is 0.371 e. The number of amides is 4. The Kier molecular flexibility index (Phi) is 7.41. The molecular weight excluding hydrogens is 620 g/mol. The number of nitrogens with zero attached hydrogens (tertiary/aromatic N) is 5. The number of halogens is 1. The zero-order valence-corrected chi connectivity index (χ0v) is 26.3. The Balaban J connectivity index is 0.886. The van der Waals surface area contributed by atoms with Gasteiger partial charge in [-0.1, -0.05) is 29.8 Å². The van der Waals surface area contributed by atoms with Crippen molar-refractivity contribution in [1.82, 2.24) is 30.1 Å². The van der Waals surface area contributed by atoms with Gasteiger partial charge in [0.15, 0.2) is 0 Å². The van der Waals surface area contributed by atoms with Gasteiger partial charge in [0.05, 0.1) is 28.0 Å². The predicted octanol–water partition coefficient (Wildman–Crippen LogP) is 3.83. The number of aromatic amines is 1. The molecule has 0 saturated carbocycles. The lowest BCUT2D eigenvalue weighted by Crippen LogP contribution is -2.54. The van der Waals surface area contributed by atoms with E-state index in [1.165, 1.54) is 0 Å². The lowest BCUT2D eigenvalue weighted by molar-refractivity contribution is -0.136. The number of hydrogen-bond donors (Lipinski definition) is 3. The Morgan fingerprint density at radius 1 is 0.894 bits per heavy atom. The fraction of sp³-hybridized carbons (Fsp3) is 0.353. The second kappa shape index (κ2) is 11.8. The molecular formula is C34H33ClN8O4. The zero-order valence-electron chi connectivity index (χ0n) is 25.5. The molecule has 4 aliphatic rings. The molecule has 12 nitrogen and oxygen atoms in total. The van der Waals surface area contributed by atoms with Crippen LogP contribution in [-0.4, -0.2) is 92.7 Å². The van der Waals surface area contributed by atoms with E-state index in [4.69, 9.17) is 16.6 Å². The number of H-pyrrole nitrogens is 1. The van der Waals surface area contributed by atoms with Crippen LogP contribution in [0.25, 0.3) is 22.2 Å². The first-order valence-corrected chi connectivity index (χ1v) is 16.4. The summed E-state index contributed by atoms with van der Waals surface area (Å²) in [5, 5.41) is 7.35. The van der Waals surface area contributed by atoms with E-state index in [9.17, 15) is 19.2 Å². The Bertz CT molecular complexity index is 1940. The molecule has 13 heteroatoms. The molecule has 2 aromatic heterocycles. The fourth-order valence-corrected chi connectivity index (χ4v) is 7.65. The summed E-state index contributed by atoms with van der Waals surface area (Å²) >= 11 is 6.54. The molecule has 8 rings (SSSR count). The van der Waals surface area contributed by atoms with Gasteiger partial charge in [-0.25, -0.2) is 9.97 Å². The smallest absolute Gasteiger partial charge is 0.262 e. The Labute approximate surface area is 275 Å². The fourth-order valence-electron chi connectivity index (χ4n) is 7.46. The Hall–Kier alpha value is -4.81. The third-order valence-electron chi connectivity index (χ3n) is 9.91. The molecule has 3 N–H and O–H groups in total. The summed E-state index contributed by atoms with van der Waals surface area (Å²) in [7, 11) is 0. The normalized spacial score (nSPS) is 22.3. The molecule has 0 aliphatic carbocycles. The number of likely N-dealkylation sites (tertiary alicyclic amines) is 1. The Morgan fingerprint density at radius 2 is 1.70 bits per heavy atom. The summed E-state index contributed by atoms with van der Waals surface area (Å²) in [4.78, 5) is 68.7. The molecule has 6 heterocycles. The van der Waals surface area contributed by atoms with Gasteiger partial charge in [-0.3, -0.25) is 34.3 Å². The summed E-state index contributed by atoms with van der Waals surface area (Å²) < 4.78 is 0. The van der Waals surface area contributed by atoms with Crippen molar-refractivity contribution >= 4 is 57.8 Å². The van der Waals surface area contributed by atoms with Crippen LogP contribution in [0, 0.1) is 0 Å². The van der Waals surface area contributed by atoms with E-state index in [-0.39, 0.29) is 24.8 Å². The molecule has 1 unspecified atom stereocenters. The van der Waals surface area contributed by atoms with E-state index in [1.807, 2.05) is 30.5 Å². The molecule has 47 heavy (non-hydrogen) atoms. The second-order valence-electron chi connectivity index (χ2n) is 12.7. The molecule has 240 valence electrons. The predicted molar refractivity (Wildman–Crippen MR) is 176 cm³/mol. The minimum atomic E-state index is -0.967.